The van der Waals surface area contributed by atoms with E-state index in [0.717, 1.165) is 12.8 Å². The normalized spacial score (nSPS) is 14.1. The molecule has 0 spiro atoms. The second-order valence-electron chi connectivity index (χ2n) is 3.58. The standard InChI is InChI=1S/C12H21ClO/c1-4-11(2)6-5-7-12(3)10-14-9-8-13/h4,7,11H,1,5-6,8-10H2,2-3H3. The molecule has 0 aliphatic heterocycles. The van der Waals surface area contributed by atoms with Crippen LogP contribution in [0.15, 0.2) is 24.3 Å². The highest BCUT2D eigenvalue weighted by molar-refractivity contribution is 6.17. The van der Waals surface area contributed by atoms with Gasteiger partial charge in [-0.3, -0.25) is 0 Å². The van der Waals surface area contributed by atoms with E-state index in [-0.39, 0.29) is 0 Å². The Kier molecular flexibility index (Phi) is 9.11. The Bertz CT molecular complexity index is 175. The molecule has 0 N–H and O–H groups in total. The molecule has 0 aromatic heterocycles. The Morgan fingerprint density at radius 1 is 1.57 bits per heavy atom. The van der Waals surface area contributed by atoms with E-state index >= 15 is 0 Å². The molecule has 0 saturated heterocycles. The first kappa shape index (κ1) is 13.7. The van der Waals surface area contributed by atoms with Gasteiger partial charge >= 0.3 is 0 Å². The van der Waals surface area contributed by atoms with Gasteiger partial charge in [-0.15, -0.1) is 18.2 Å². The van der Waals surface area contributed by atoms with Gasteiger partial charge < -0.3 is 4.74 Å². The van der Waals surface area contributed by atoms with Crippen molar-refractivity contribution in [1.29, 1.82) is 0 Å². The Morgan fingerprint density at radius 2 is 2.29 bits per heavy atom. The van der Waals surface area contributed by atoms with Gasteiger partial charge in [-0.2, -0.15) is 0 Å². The topological polar surface area (TPSA) is 9.23 Å². The van der Waals surface area contributed by atoms with Crippen LogP contribution in [0.1, 0.15) is 26.7 Å². The molecule has 0 amide bonds. The summed E-state index contributed by atoms with van der Waals surface area (Å²) < 4.78 is 5.31. The second-order valence-corrected chi connectivity index (χ2v) is 3.96. The van der Waals surface area contributed by atoms with E-state index in [1.165, 1.54) is 5.57 Å². The fourth-order valence-corrected chi connectivity index (χ4v) is 1.17. The molecule has 1 atom stereocenters. The van der Waals surface area contributed by atoms with Crippen LogP contribution >= 0.6 is 11.6 Å². The van der Waals surface area contributed by atoms with Crippen molar-refractivity contribution in [3.05, 3.63) is 24.3 Å². The van der Waals surface area contributed by atoms with Gasteiger partial charge in [-0.1, -0.05) is 24.6 Å². The zero-order valence-electron chi connectivity index (χ0n) is 9.26. The highest BCUT2D eigenvalue weighted by Gasteiger charge is 1.94. The summed E-state index contributed by atoms with van der Waals surface area (Å²) in [6.45, 7) is 9.37. The van der Waals surface area contributed by atoms with Crippen molar-refractivity contribution >= 4 is 11.6 Å². The quantitative estimate of drug-likeness (QED) is 0.341. The molecular formula is C12H21ClO. The summed E-state index contributed by atoms with van der Waals surface area (Å²) in [7, 11) is 0. The molecule has 0 aliphatic carbocycles. The lowest BCUT2D eigenvalue weighted by Crippen LogP contribution is -1.99. The van der Waals surface area contributed by atoms with Gasteiger partial charge in [-0.25, -0.2) is 0 Å². The molecule has 14 heavy (non-hydrogen) atoms. The minimum absolute atomic E-state index is 0.570. The molecular weight excluding hydrogens is 196 g/mol. The zero-order chi connectivity index (χ0) is 10.8. The lowest BCUT2D eigenvalue weighted by atomic mass is 10.1. The van der Waals surface area contributed by atoms with Crippen molar-refractivity contribution in [3.8, 4) is 0 Å². The third kappa shape index (κ3) is 8.33. The molecule has 0 aromatic carbocycles. The Morgan fingerprint density at radius 3 is 2.86 bits per heavy atom. The Balaban J connectivity index is 3.50. The first-order chi connectivity index (χ1) is 6.70. The predicted molar refractivity (Wildman–Crippen MR) is 63.9 cm³/mol. The van der Waals surface area contributed by atoms with E-state index in [1.54, 1.807) is 0 Å². The van der Waals surface area contributed by atoms with E-state index in [4.69, 9.17) is 16.3 Å². The van der Waals surface area contributed by atoms with Gasteiger partial charge in [0.25, 0.3) is 0 Å². The maximum absolute atomic E-state index is 5.49. The minimum Gasteiger partial charge on any atom is -0.376 e. The van der Waals surface area contributed by atoms with E-state index in [9.17, 15) is 0 Å². The summed E-state index contributed by atoms with van der Waals surface area (Å²) in [5, 5.41) is 0. The third-order valence-corrected chi connectivity index (χ3v) is 2.22. The van der Waals surface area contributed by atoms with Crippen LogP contribution in [0.5, 0.6) is 0 Å². The molecule has 0 aromatic rings. The van der Waals surface area contributed by atoms with Crippen molar-refractivity contribution in [1.82, 2.24) is 0 Å². The van der Waals surface area contributed by atoms with Crippen LogP contribution in [0.2, 0.25) is 0 Å². The molecule has 0 fully saturated rings. The van der Waals surface area contributed by atoms with Crippen LogP contribution in [0.4, 0.5) is 0 Å². The number of hydrogen-bond donors (Lipinski definition) is 0. The smallest absolute Gasteiger partial charge is 0.0674 e. The van der Waals surface area contributed by atoms with Gasteiger partial charge in [0, 0.05) is 5.88 Å². The zero-order valence-corrected chi connectivity index (χ0v) is 10.0. The van der Waals surface area contributed by atoms with Gasteiger partial charge in [0.15, 0.2) is 0 Å². The molecule has 2 heteroatoms. The highest BCUT2D eigenvalue weighted by atomic mass is 35.5. The fraction of sp³-hybridized carbons (Fsp3) is 0.667. The maximum atomic E-state index is 5.49. The maximum Gasteiger partial charge on any atom is 0.0674 e. The predicted octanol–water partition coefficient (Wildman–Crippen LogP) is 3.79. The van der Waals surface area contributed by atoms with Crippen molar-refractivity contribution < 1.29 is 4.74 Å². The Hall–Kier alpha value is -0.270. The van der Waals surface area contributed by atoms with Crippen molar-refractivity contribution in [2.75, 3.05) is 19.1 Å². The summed E-state index contributed by atoms with van der Waals surface area (Å²) in [6, 6.07) is 0. The van der Waals surface area contributed by atoms with Crippen molar-refractivity contribution in [2.45, 2.75) is 26.7 Å². The van der Waals surface area contributed by atoms with Crippen LogP contribution in [0.25, 0.3) is 0 Å². The first-order valence-electron chi connectivity index (χ1n) is 5.12. The van der Waals surface area contributed by atoms with Crippen LogP contribution in [0.3, 0.4) is 0 Å². The van der Waals surface area contributed by atoms with Crippen LogP contribution in [-0.2, 0) is 4.74 Å². The third-order valence-electron chi connectivity index (χ3n) is 2.07. The number of hydrogen-bond acceptors (Lipinski definition) is 1. The average molecular weight is 217 g/mol. The summed E-state index contributed by atoms with van der Waals surface area (Å²) >= 11 is 5.49. The number of ether oxygens (including phenoxy) is 1. The molecule has 1 unspecified atom stereocenters. The number of halogens is 1. The lowest BCUT2D eigenvalue weighted by molar-refractivity contribution is 0.172. The first-order valence-corrected chi connectivity index (χ1v) is 5.66. The molecule has 82 valence electrons. The summed E-state index contributed by atoms with van der Waals surface area (Å²) in [6.07, 6.45) is 6.49. The molecule has 0 heterocycles. The van der Waals surface area contributed by atoms with Gasteiger partial charge in [-0.05, 0) is 25.7 Å². The average Bonchev–Trinajstić information content (AvgIpc) is 2.18. The van der Waals surface area contributed by atoms with Crippen molar-refractivity contribution in [2.24, 2.45) is 5.92 Å². The van der Waals surface area contributed by atoms with Gasteiger partial charge in [0.1, 0.15) is 0 Å². The van der Waals surface area contributed by atoms with E-state index in [1.807, 2.05) is 6.08 Å². The molecule has 0 aliphatic rings. The van der Waals surface area contributed by atoms with E-state index in [0.29, 0.717) is 25.0 Å². The largest absolute Gasteiger partial charge is 0.376 e. The number of rotatable bonds is 8. The molecule has 1 nitrogen and oxygen atoms in total. The SMILES string of the molecule is C=CC(C)CCC=C(C)COCCCl. The molecule has 0 rings (SSSR count). The summed E-state index contributed by atoms with van der Waals surface area (Å²) in [4.78, 5) is 0. The highest BCUT2D eigenvalue weighted by Crippen LogP contribution is 2.08. The minimum atomic E-state index is 0.570. The monoisotopic (exact) mass is 216 g/mol. The van der Waals surface area contributed by atoms with E-state index in [2.05, 4.69) is 26.5 Å². The molecule has 0 bridgehead atoms. The van der Waals surface area contributed by atoms with Crippen LogP contribution in [0, 0.1) is 5.92 Å². The van der Waals surface area contributed by atoms with E-state index < -0.39 is 0 Å². The summed E-state index contributed by atoms with van der Waals surface area (Å²) in [5.74, 6) is 1.17. The van der Waals surface area contributed by atoms with Crippen molar-refractivity contribution in [3.63, 3.8) is 0 Å². The van der Waals surface area contributed by atoms with Gasteiger partial charge in [0.05, 0.1) is 13.2 Å². The second kappa shape index (κ2) is 9.29. The number of allylic oxidation sites excluding steroid dienone is 2. The van der Waals surface area contributed by atoms with Crippen LogP contribution < -0.4 is 0 Å². The molecule has 0 radical (unpaired) electrons. The summed E-state index contributed by atoms with van der Waals surface area (Å²) in [5.41, 5.74) is 1.28. The fourth-order valence-electron chi connectivity index (χ4n) is 1.06. The molecule has 0 saturated carbocycles. The van der Waals surface area contributed by atoms with Crippen LogP contribution in [-0.4, -0.2) is 19.1 Å². The van der Waals surface area contributed by atoms with Gasteiger partial charge in [0.2, 0.25) is 0 Å². The number of alkyl halides is 1. The Labute approximate surface area is 92.8 Å². The lowest BCUT2D eigenvalue weighted by Gasteiger charge is -2.04.